The number of carbonyl (C=O) groups excluding carboxylic acids is 2. The number of anilines is 1. The van der Waals surface area contributed by atoms with Gasteiger partial charge < -0.3 is 15.4 Å². The maximum atomic E-state index is 12.2. The molecule has 0 bridgehead atoms. The molecule has 2 amide bonds. The first kappa shape index (κ1) is 20.1. The van der Waals surface area contributed by atoms with Crippen molar-refractivity contribution in [3.05, 3.63) is 46.2 Å². The molecule has 1 aromatic heterocycles. The van der Waals surface area contributed by atoms with E-state index in [-0.39, 0.29) is 18.2 Å². The molecule has 1 fully saturated rings. The van der Waals surface area contributed by atoms with E-state index in [1.807, 2.05) is 26.0 Å². The summed E-state index contributed by atoms with van der Waals surface area (Å²) in [5, 5.41) is 13.3. The van der Waals surface area contributed by atoms with Crippen molar-refractivity contribution >= 4 is 52.0 Å². The van der Waals surface area contributed by atoms with Gasteiger partial charge in [0.05, 0.1) is 12.8 Å². The first-order valence-corrected chi connectivity index (χ1v) is 10.4. The molecule has 3 rings (SSSR count). The Morgan fingerprint density at radius 2 is 2.07 bits per heavy atom. The van der Waals surface area contributed by atoms with E-state index in [0.29, 0.717) is 17.5 Å². The van der Waals surface area contributed by atoms with Crippen LogP contribution in [0.25, 0.3) is 0 Å². The van der Waals surface area contributed by atoms with E-state index in [1.165, 1.54) is 16.6 Å². The van der Waals surface area contributed by atoms with Gasteiger partial charge in [-0.15, -0.1) is 16.4 Å². The van der Waals surface area contributed by atoms with Crippen LogP contribution in [-0.2, 0) is 9.59 Å². The maximum Gasteiger partial charge on any atom is 0.240 e. The van der Waals surface area contributed by atoms with Crippen molar-refractivity contribution < 1.29 is 14.3 Å². The number of amides is 2. The van der Waals surface area contributed by atoms with Gasteiger partial charge in [-0.3, -0.25) is 9.59 Å². The van der Waals surface area contributed by atoms with Gasteiger partial charge in [-0.05, 0) is 50.2 Å². The molecule has 28 heavy (non-hydrogen) atoms. The van der Waals surface area contributed by atoms with Crippen LogP contribution in [0.2, 0.25) is 0 Å². The topological polar surface area (TPSA) is 92.2 Å². The van der Waals surface area contributed by atoms with E-state index in [1.54, 1.807) is 41.8 Å². The Morgan fingerprint density at radius 3 is 2.75 bits per heavy atom. The lowest BCUT2D eigenvalue weighted by Gasteiger charge is -2.08. The van der Waals surface area contributed by atoms with Gasteiger partial charge in [0.15, 0.2) is 5.17 Å². The second-order valence-corrected chi connectivity index (χ2v) is 8.41. The van der Waals surface area contributed by atoms with E-state index in [4.69, 9.17) is 4.74 Å². The largest absolute Gasteiger partial charge is 0.494 e. The average Bonchev–Trinajstić information content (AvgIpc) is 3.22. The number of nitrogens with one attached hydrogen (secondary N) is 2. The van der Waals surface area contributed by atoms with Crippen LogP contribution in [0.4, 0.5) is 5.69 Å². The number of amidine groups is 1. The highest BCUT2D eigenvalue weighted by Crippen LogP contribution is 2.23. The zero-order valence-corrected chi connectivity index (χ0v) is 17.1. The molecule has 146 valence electrons. The summed E-state index contributed by atoms with van der Waals surface area (Å²) in [7, 11) is 0. The third kappa shape index (κ3) is 5.67. The fourth-order valence-corrected chi connectivity index (χ4v) is 4.10. The van der Waals surface area contributed by atoms with Gasteiger partial charge >= 0.3 is 0 Å². The zero-order chi connectivity index (χ0) is 19.9. The molecule has 0 saturated carbocycles. The lowest BCUT2D eigenvalue weighted by molar-refractivity contribution is -0.122. The van der Waals surface area contributed by atoms with Gasteiger partial charge in [-0.25, -0.2) is 0 Å². The number of carbonyl (C=O) groups is 2. The number of hydrogen-bond acceptors (Lipinski definition) is 7. The molecule has 7 nitrogen and oxygen atoms in total. The molecule has 1 saturated heterocycles. The number of rotatable bonds is 7. The highest BCUT2D eigenvalue weighted by molar-refractivity contribution is 8.15. The van der Waals surface area contributed by atoms with Gasteiger partial charge in [0, 0.05) is 21.9 Å². The molecule has 0 radical (unpaired) electrons. The van der Waals surface area contributed by atoms with Crippen molar-refractivity contribution in [3.8, 4) is 5.75 Å². The normalized spacial score (nSPS) is 17.9. The molecule has 1 aliphatic heterocycles. The van der Waals surface area contributed by atoms with Crippen LogP contribution in [0, 0.1) is 6.92 Å². The number of benzene rings is 1. The Kier molecular flexibility index (Phi) is 6.83. The van der Waals surface area contributed by atoms with E-state index < -0.39 is 5.25 Å². The summed E-state index contributed by atoms with van der Waals surface area (Å²) in [6, 6.07) is 11.1. The van der Waals surface area contributed by atoms with Crippen LogP contribution >= 0.6 is 23.1 Å². The number of thiophene rings is 1. The summed E-state index contributed by atoms with van der Waals surface area (Å²) in [4.78, 5) is 26.5. The Morgan fingerprint density at radius 1 is 1.29 bits per heavy atom. The fourth-order valence-electron chi connectivity index (χ4n) is 2.43. The van der Waals surface area contributed by atoms with Gasteiger partial charge in [-0.2, -0.15) is 5.10 Å². The number of nitrogens with zero attached hydrogens (tertiary/aromatic N) is 2. The van der Waals surface area contributed by atoms with Gasteiger partial charge in [0.1, 0.15) is 11.0 Å². The SMILES string of the molecule is CCOc1ccc(NC(=O)C[C@@H]2S/C(=N/N=C\c3ccc(C)s3)NC2=O)cc1. The van der Waals surface area contributed by atoms with Crippen LogP contribution < -0.4 is 15.4 Å². The minimum absolute atomic E-state index is 0.0521. The van der Waals surface area contributed by atoms with Gasteiger partial charge in [-0.1, -0.05) is 11.8 Å². The first-order valence-electron chi connectivity index (χ1n) is 8.71. The number of thioether (sulfide) groups is 1. The molecule has 1 aromatic carbocycles. The van der Waals surface area contributed by atoms with Crippen molar-refractivity contribution in [3.63, 3.8) is 0 Å². The van der Waals surface area contributed by atoms with Crippen molar-refractivity contribution in [1.29, 1.82) is 0 Å². The predicted molar refractivity (Wildman–Crippen MR) is 114 cm³/mol. The summed E-state index contributed by atoms with van der Waals surface area (Å²) in [5.74, 6) is 0.258. The molecule has 1 aliphatic rings. The maximum absolute atomic E-state index is 12.2. The molecule has 0 aliphatic carbocycles. The van der Waals surface area contributed by atoms with Crippen LogP contribution in [0.3, 0.4) is 0 Å². The van der Waals surface area contributed by atoms with Crippen molar-refractivity contribution in [2.45, 2.75) is 25.5 Å². The third-order valence-corrected chi connectivity index (χ3v) is 5.70. The monoisotopic (exact) mass is 416 g/mol. The number of ether oxygens (including phenoxy) is 1. The minimum Gasteiger partial charge on any atom is -0.494 e. The lowest BCUT2D eigenvalue weighted by Crippen LogP contribution is -2.28. The Bertz CT molecular complexity index is 906. The molecular formula is C19H20N4O3S2. The minimum atomic E-state index is -0.527. The van der Waals surface area contributed by atoms with E-state index in [0.717, 1.165) is 10.6 Å². The summed E-state index contributed by atoms with van der Waals surface area (Å²) in [6.45, 7) is 4.51. The van der Waals surface area contributed by atoms with Gasteiger partial charge in [0.25, 0.3) is 0 Å². The summed E-state index contributed by atoms with van der Waals surface area (Å²) in [6.07, 6.45) is 1.69. The zero-order valence-electron chi connectivity index (χ0n) is 15.5. The van der Waals surface area contributed by atoms with Gasteiger partial charge in [0.2, 0.25) is 11.8 Å². The second kappa shape index (κ2) is 9.52. The Hall–Kier alpha value is -2.65. The van der Waals surface area contributed by atoms with Crippen LogP contribution in [-0.4, -0.2) is 35.1 Å². The van der Waals surface area contributed by atoms with Crippen molar-refractivity contribution in [1.82, 2.24) is 5.32 Å². The first-order chi connectivity index (χ1) is 13.5. The summed E-state index contributed by atoms with van der Waals surface area (Å²) < 4.78 is 5.37. The number of hydrogen-bond donors (Lipinski definition) is 2. The highest BCUT2D eigenvalue weighted by atomic mass is 32.2. The Balaban J connectivity index is 1.51. The highest BCUT2D eigenvalue weighted by Gasteiger charge is 2.32. The van der Waals surface area contributed by atoms with Crippen LogP contribution in [0.5, 0.6) is 5.75 Å². The summed E-state index contributed by atoms with van der Waals surface area (Å²) >= 11 is 2.82. The molecule has 0 spiro atoms. The standard InChI is InChI=1S/C19H20N4O3S2/c1-3-26-14-7-5-13(6-8-14)21-17(24)10-16-18(25)22-19(28-16)23-20-11-15-9-4-12(2)27-15/h4-9,11,16H,3,10H2,1-2H3,(H,21,24)(H,22,23,25)/b20-11-/t16-/m0/s1. The van der Waals surface area contributed by atoms with E-state index >= 15 is 0 Å². The third-order valence-electron chi connectivity index (χ3n) is 3.69. The molecule has 9 heteroatoms. The van der Waals surface area contributed by atoms with E-state index in [2.05, 4.69) is 20.8 Å². The number of aryl methyl sites for hydroxylation is 1. The van der Waals surface area contributed by atoms with Crippen LogP contribution in [0.1, 0.15) is 23.1 Å². The quantitative estimate of drug-likeness (QED) is 0.534. The molecule has 0 unspecified atom stereocenters. The van der Waals surface area contributed by atoms with Crippen molar-refractivity contribution in [2.75, 3.05) is 11.9 Å². The molecule has 2 aromatic rings. The fraction of sp³-hybridized carbons (Fsp3) is 0.263. The average molecular weight is 417 g/mol. The van der Waals surface area contributed by atoms with E-state index in [9.17, 15) is 9.59 Å². The predicted octanol–water partition coefficient (Wildman–Crippen LogP) is 3.41. The van der Waals surface area contributed by atoms with Crippen LogP contribution in [0.15, 0.2) is 46.6 Å². The van der Waals surface area contributed by atoms with Crippen molar-refractivity contribution in [2.24, 2.45) is 10.2 Å². The lowest BCUT2D eigenvalue weighted by atomic mass is 10.2. The Labute approximate surface area is 171 Å². The molecule has 1 atom stereocenters. The smallest absolute Gasteiger partial charge is 0.240 e. The molecule has 2 N–H and O–H groups in total. The molecular weight excluding hydrogens is 396 g/mol. The molecule has 2 heterocycles. The summed E-state index contributed by atoms with van der Waals surface area (Å²) in [5.41, 5.74) is 0.654. The second-order valence-electron chi connectivity index (χ2n) is 5.90.